The fourth-order valence-electron chi connectivity index (χ4n) is 2.44. The number of nitrogens with one attached hydrogen (secondary N) is 2. The second-order valence-corrected chi connectivity index (χ2v) is 7.18. The van der Waals surface area contributed by atoms with E-state index in [4.69, 9.17) is 0 Å². The van der Waals surface area contributed by atoms with E-state index in [1.807, 2.05) is 11.6 Å². The molecular weight excluding hydrogens is 312 g/mol. The molecule has 0 aliphatic carbocycles. The molecule has 1 aromatic heterocycles. The van der Waals surface area contributed by atoms with Crippen molar-refractivity contribution in [2.45, 2.75) is 46.1 Å². The molecule has 6 heteroatoms. The average molecular weight is 342 g/mol. The lowest BCUT2D eigenvalue weighted by Gasteiger charge is -2.19. The molecule has 0 radical (unpaired) electrons. The standard InChI is InChI=1S/C19H30N6/c1-6-20-18(22-13-17-24-23-14-25(17)5)21-12-11-15-7-9-16(10-8-15)19(2,3)4/h7-10,14H,6,11-13H2,1-5H3,(H2,20,21,22). The van der Waals surface area contributed by atoms with Crippen LogP contribution in [0.5, 0.6) is 0 Å². The Bertz CT molecular complexity index is 679. The largest absolute Gasteiger partial charge is 0.357 e. The summed E-state index contributed by atoms with van der Waals surface area (Å²) in [7, 11) is 1.92. The zero-order valence-corrected chi connectivity index (χ0v) is 16.0. The van der Waals surface area contributed by atoms with Crippen LogP contribution in [0.15, 0.2) is 35.6 Å². The third-order valence-electron chi connectivity index (χ3n) is 4.05. The Morgan fingerprint density at radius 1 is 1.16 bits per heavy atom. The molecule has 0 atom stereocenters. The quantitative estimate of drug-likeness (QED) is 0.625. The first-order chi connectivity index (χ1) is 11.9. The van der Waals surface area contributed by atoms with Gasteiger partial charge in [0.2, 0.25) is 0 Å². The summed E-state index contributed by atoms with van der Waals surface area (Å²) < 4.78 is 1.88. The van der Waals surface area contributed by atoms with Gasteiger partial charge in [0.15, 0.2) is 11.8 Å². The van der Waals surface area contributed by atoms with Crippen LogP contribution in [0.4, 0.5) is 0 Å². The number of aryl methyl sites for hydroxylation is 1. The van der Waals surface area contributed by atoms with Gasteiger partial charge in [0.25, 0.3) is 0 Å². The maximum Gasteiger partial charge on any atom is 0.191 e. The molecule has 25 heavy (non-hydrogen) atoms. The molecule has 136 valence electrons. The van der Waals surface area contributed by atoms with E-state index < -0.39 is 0 Å². The smallest absolute Gasteiger partial charge is 0.191 e. The summed E-state index contributed by atoms with van der Waals surface area (Å²) in [4.78, 5) is 4.57. The van der Waals surface area contributed by atoms with E-state index in [0.717, 1.165) is 31.3 Å². The Hall–Kier alpha value is -2.37. The Balaban J connectivity index is 1.87. The van der Waals surface area contributed by atoms with Crippen LogP contribution < -0.4 is 10.6 Å². The van der Waals surface area contributed by atoms with Crippen LogP contribution in [0.25, 0.3) is 0 Å². The molecular formula is C19H30N6. The SMILES string of the molecule is CCNC(=NCc1nncn1C)NCCc1ccc(C(C)(C)C)cc1. The molecule has 0 saturated heterocycles. The van der Waals surface area contributed by atoms with Crippen LogP contribution in [0.1, 0.15) is 44.6 Å². The number of aliphatic imine (C=N–C) groups is 1. The zero-order chi connectivity index (χ0) is 18.3. The van der Waals surface area contributed by atoms with Gasteiger partial charge in [-0.15, -0.1) is 10.2 Å². The van der Waals surface area contributed by atoms with Gasteiger partial charge < -0.3 is 15.2 Å². The first kappa shape index (κ1) is 19.0. The molecule has 0 amide bonds. The molecule has 0 saturated carbocycles. The van der Waals surface area contributed by atoms with E-state index in [1.54, 1.807) is 6.33 Å². The predicted octanol–water partition coefficient (Wildman–Crippen LogP) is 2.41. The van der Waals surface area contributed by atoms with Gasteiger partial charge in [-0.2, -0.15) is 0 Å². The molecule has 0 spiro atoms. The number of guanidine groups is 1. The molecule has 1 aromatic carbocycles. The highest BCUT2D eigenvalue weighted by molar-refractivity contribution is 5.79. The van der Waals surface area contributed by atoms with Crippen LogP contribution in [-0.2, 0) is 25.4 Å². The molecule has 2 N–H and O–H groups in total. The van der Waals surface area contributed by atoms with Crippen molar-refractivity contribution in [1.29, 1.82) is 0 Å². The number of nitrogens with zero attached hydrogens (tertiary/aromatic N) is 4. The lowest BCUT2D eigenvalue weighted by atomic mass is 9.86. The Morgan fingerprint density at radius 3 is 2.44 bits per heavy atom. The number of benzene rings is 1. The number of rotatable bonds is 6. The second-order valence-electron chi connectivity index (χ2n) is 7.18. The first-order valence-corrected chi connectivity index (χ1v) is 8.84. The van der Waals surface area contributed by atoms with Gasteiger partial charge in [0.1, 0.15) is 12.9 Å². The third-order valence-corrected chi connectivity index (χ3v) is 4.05. The van der Waals surface area contributed by atoms with Crippen molar-refractivity contribution in [3.63, 3.8) is 0 Å². The monoisotopic (exact) mass is 342 g/mol. The highest BCUT2D eigenvalue weighted by Gasteiger charge is 2.12. The van der Waals surface area contributed by atoms with Crippen molar-refractivity contribution in [3.05, 3.63) is 47.5 Å². The molecule has 2 aromatic rings. The first-order valence-electron chi connectivity index (χ1n) is 8.84. The molecule has 0 fully saturated rings. The van der Waals surface area contributed by atoms with Crippen LogP contribution in [0.2, 0.25) is 0 Å². The van der Waals surface area contributed by atoms with Crippen molar-refractivity contribution in [1.82, 2.24) is 25.4 Å². The van der Waals surface area contributed by atoms with Crippen molar-refractivity contribution in [3.8, 4) is 0 Å². The third kappa shape index (κ3) is 5.89. The van der Waals surface area contributed by atoms with Gasteiger partial charge in [-0.25, -0.2) is 4.99 Å². The number of aromatic nitrogens is 3. The highest BCUT2D eigenvalue weighted by Crippen LogP contribution is 2.22. The molecule has 0 aliphatic heterocycles. The van der Waals surface area contributed by atoms with E-state index in [2.05, 4.69) is 77.8 Å². The predicted molar refractivity (Wildman–Crippen MR) is 103 cm³/mol. The Labute approximate surface area is 150 Å². The lowest BCUT2D eigenvalue weighted by molar-refractivity contribution is 0.590. The van der Waals surface area contributed by atoms with E-state index in [0.29, 0.717) is 6.54 Å². The van der Waals surface area contributed by atoms with Gasteiger partial charge in [0.05, 0.1) is 0 Å². The Morgan fingerprint density at radius 2 is 1.88 bits per heavy atom. The molecule has 0 bridgehead atoms. The minimum Gasteiger partial charge on any atom is -0.357 e. The van der Waals surface area contributed by atoms with E-state index >= 15 is 0 Å². The van der Waals surface area contributed by atoms with Crippen molar-refractivity contribution < 1.29 is 0 Å². The average Bonchev–Trinajstić information content (AvgIpc) is 2.97. The summed E-state index contributed by atoms with van der Waals surface area (Å²) in [6.45, 7) is 10.9. The van der Waals surface area contributed by atoms with Gasteiger partial charge in [-0.3, -0.25) is 0 Å². The molecule has 0 unspecified atom stereocenters. The van der Waals surface area contributed by atoms with Crippen LogP contribution in [0.3, 0.4) is 0 Å². The Kier molecular flexibility index (Phi) is 6.56. The van der Waals surface area contributed by atoms with Gasteiger partial charge in [-0.1, -0.05) is 45.0 Å². The highest BCUT2D eigenvalue weighted by atomic mass is 15.3. The fraction of sp³-hybridized carbons (Fsp3) is 0.526. The van der Waals surface area contributed by atoms with E-state index in [9.17, 15) is 0 Å². The van der Waals surface area contributed by atoms with Crippen molar-refractivity contribution in [2.24, 2.45) is 12.0 Å². The van der Waals surface area contributed by atoms with Gasteiger partial charge >= 0.3 is 0 Å². The van der Waals surface area contributed by atoms with Crippen LogP contribution in [-0.4, -0.2) is 33.8 Å². The normalized spacial score (nSPS) is 12.3. The lowest BCUT2D eigenvalue weighted by Crippen LogP contribution is -2.38. The summed E-state index contributed by atoms with van der Waals surface area (Å²) in [6.07, 6.45) is 2.64. The van der Waals surface area contributed by atoms with E-state index in [1.165, 1.54) is 11.1 Å². The molecule has 0 aliphatic rings. The fourth-order valence-corrected chi connectivity index (χ4v) is 2.44. The molecule has 1 heterocycles. The zero-order valence-electron chi connectivity index (χ0n) is 16.0. The molecule has 2 rings (SSSR count). The minimum absolute atomic E-state index is 0.196. The van der Waals surface area contributed by atoms with Gasteiger partial charge in [-0.05, 0) is 29.9 Å². The molecule has 6 nitrogen and oxygen atoms in total. The van der Waals surface area contributed by atoms with Crippen LogP contribution in [0, 0.1) is 0 Å². The second kappa shape index (κ2) is 8.65. The number of hydrogen-bond acceptors (Lipinski definition) is 3. The maximum atomic E-state index is 4.57. The topological polar surface area (TPSA) is 67.1 Å². The maximum absolute atomic E-state index is 4.57. The van der Waals surface area contributed by atoms with Crippen molar-refractivity contribution in [2.75, 3.05) is 13.1 Å². The summed E-state index contributed by atoms with van der Waals surface area (Å²) in [5.41, 5.74) is 2.88. The van der Waals surface area contributed by atoms with E-state index in [-0.39, 0.29) is 5.41 Å². The summed E-state index contributed by atoms with van der Waals surface area (Å²) in [6, 6.07) is 8.88. The number of hydrogen-bond donors (Lipinski definition) is 2. The summed E-state index contributed by atoms with van der Waals surface area (Å²) >= 11 is 0. The summed E-state index contributed by atoms with van der Waals surface area (Å²) in [5.74, 6) is 1.65. The van der Waals surface area contributed by atoms with Crippen molar-refractivity contribution >= 4 is 5.96 Å². The minimum atomic E-state index is 0.196. The van der Waals surface area contributed by atoms with Crippen LogP contribution >= 0.6 is 0 Å². The van der Waals surface area contributed by atoms with Gasteiger partial charge in [0, 0.05) is 20.1 Å². The summed E-state index contributed by atoms with van der Waals surface area (Å²) in [5, 5.41) is 14.6.